The van der Waals surface area contributed by atoms with E-state index < -0.39 is 11.9 Å². The van der Waals surface area contributed by atoms with Crippen molar-refractivity contribution >= 4 is 29.5 Å². The molecule has 2 rings (SSSR count). The maximum atomic E-state index is 12.7. The summed E-state index contributed by atoms with van der Waals surface area (Å²) < 4.78 is 38.1. The largest absolute Gasteiger partial charge is 0.433 e. The van der Waals surface area contributed by atoms with Crippen molar-refractivity contribution in [1.29, 1.82) is 0 Å². The Morgan fingerprint density at radius 3 is 2.15 bits per heavy atom. The zero-order chi connectivity index (χ0) is 14.9. The third-order valence-corrected chi connectivity index (χ3v) is 3.17. The topological polar surface area (TPSA) is 30.0 Å². The van der Waals surface area contributed by atoms with Gasteiger partial charge in [0.15, 0.2) is 6.29 Å². The molecule has 0 atom stereocenters. The van der Waals surface area contributed by atoms with Crippen LogP contribution in [0.15, 0.2) is 30.3 Å². The van der Waals surface area contributed by atoms with Gasteiger partial charge in [0.05, 0.1) is 15.7 Å². The number of carbonyl (C=O) groups excluding carboxylic acids is 1. The number of aldehydes is 1. The smallest absolute Gasteiger partial charge is 0.298 e. The van der Waals surface area contributed by atoms with Gasteiger partial charge in [0, 0.05) is 11.1 Å². The number of carbonyl (C=O) groups is 1. The Hall–Kier alpha value is -1.59. The first-order valence-corrected chi connectivity index (χ1v) is 6.08. The first-order valence-electron chi connectivity index (χ1n) is 5.32. The number of alkyl halides is 3. The van der Waals surface area contributed by atoms with Crippen LogP contribution < -0.4 is 0 Å². The summed E-state index contributed by atoms with van der Waals surface area (Å²) in [6.45, 7) is 0. The summed E-state index contributed by atoms with van der Waals surface area (Å²) in [6, 6.07) is 6.23. The Balaban J connectivity index is 2.75. The van der Waals surface area contributed by atoms with Crippen molar-refractivity contribution in [1.82, 2.24) is 4.98 Å². The molecule has 7 heteroatoms. The van der Waals surface area contributed by atoms with Crippen LogP contribution in [0.5, 0.6) is 0 Å². The molecule has 0 aliphatic rings. The molecule has 1 aromatic heterocycles. The number of halogens is 5. The first kappa shape index (κ1) is 14.8. The molecule has 104 valence electrons. The van der Waals surface area contributed by atoms with Gasteiger partial charge in [-0.2, -0.15) is 13.2 Å². The second kappa shape index (κ2) is 5.42. The quantitative estimate of drug-likeness (QED) is 0.738. The minimum absolute atomic E-state index is 0.0204. The fourth-order valence-electron chi connectivity index (χ4n) is 1.65. The van der Waals surface area contributed by atoms with E-state index in [0.717, 1.165) is 12.1 Å². The highest BCUT2D eigenvalue weighted by atomic mass is 35.5. The third kappa shape index (κ3) is 2.78. The SMILES string of the molecule is O=Cc1ccc(C(F)(F)F)nc1-c1c(Cl)cccc1Cl. The molecular weight excluding hydrogens is 314 g/mol. The molecule has 0 saturated carbocycles. The van der Waals surface area contributed by atoms with Crippen LogP contribution in [0.1, 0.15) is 16.1 Å². The minimum atomic E-state index is -4.62. The standard InChI is InChI=1S/C13H6Cl2F3NO/c14-8-2-1-3-9(15)11(8)12-7(6-20)4-5-10(19-12)13(16,17)18/h1-6H. The molecule has 2 aromatic rings. The lowest BCUT2D eigenvalue weighted by Gasteiger charge is -2.12. The maximum absolute atomic E-state index is 12.7. The predicted molar refractivity (Wildman–Crippen MR) is 70.1 cm³/mol. The Morgan fingerprint density at radius 2 is 1.65 bits per heavy atom. The molecule has 0 aliphatic heterocycles. The molecule has 20 heavy (non-hydrogen) atoms. The zero-order valence-corrected chi connectivity index (χ0v) is 11.2. The molecule has 0 aliphatic carbocycles. The number of pyridine rings is 1. The minimum Gasteiger partial charge on any atom is -0.298 e. The van der Waals surface area contributed by atoms with Crippen LogP contribution in [-0.4, -0.2) is 11.3 Å². The van der Waals surface area contributed by atoms with Crippen LogP contribution in [0.3, 0.4) is 0 Å². The lowest BCUT2D eigenvalue weighted by Crippen LogP contribution is -2.09. The van der Waals surface area contributed by atoms with E-state index in [4.69, 9.17) is 23.2 Å². The lowest BCUT2D eigenvalue weighted by molar-refractivity contribution is -0.141. The second-order valence-corrected chi connectivity index (χ2v) is 4.66. The Kier molecular flexibility index (Phi) is 4.01. The Morgan fingerprint density at radius 1 is 1.05 bits per heavy atom. The van der Waals surface area contributed by atoms with E-state index in [-0.39, 0.29) is 26.9 Å². The molecule has 2 nitrogen and oxygen atoms in total. The van der Waals surface area contributed by atoms with Crippen LogP contribution >= 0.6 is 23.2 Å². The highest BCUT2D eigenvalue weighted by molar-refractivity contribution is 6.39. The summed E-state index contributed by atoms with van der Waals surface area (Å²) >= 11 is 11.9. The van der Waals surface area contributed by atoms with Gasteiger partial charge in [-0.25, -0.2) is 4.98 Å². The monoisotopic (exact) mass is 319 g/mol. The number of benzene rings is 1. The van der Waals surface area contributed by atoms with Gasteiger partial charge in [-0.05, 0) is 24.3 Å². The molecule has 0 amide bonds. The van der Waals surface area contributed by atoms with Crippen molar-refractivity contribution in [2.45, 2.75) is 6.18 Å². The van der Waals surface area contributed by atoms with Crippen molar-refractivity contribution in [2.24, 2.45) is 0 Å². The van der Waals surface area contributed by atoms with E-state index in [9.17, 15) is 18.0 Å². The number of rotatable bonds is 2. The van der Waals surface area contributed by atoms with E-state index >= 15 is 0 Å². The molecule has 0 N–H and O–H groups in total. The fourth-order valence-corrected chi connectivity index (χ4v) is 2.22. The molecule has 0 unspecified atom stereocenters. The summed E-state index contributed by atoms with van der Waals surface area (Å²) in [4.78, 5) is 14.5. The van der Waals surface area contributed by atoms with E-state index in [2.05, 4.69) is 4.98 Å². The van der Waals surface area contributed by atoms with E-state index in [1.54, 1.807) is 6.07 Å². The summed E-state index contributed by atoms with van der Waals surface area (Å²) in [5.41, 5.74) is -1.23. The van der Waals surface area contributed by atoms with Gasteiger partial charge in [-0.1, -0.05) is 29.3 Å². The second-order valence-electron chi connectivity index (χ2n) is 3.85. The van der Waals surface area contributed by atoms with Gasteiger partial charge < -0.3 is 0 Å². The fraction of sp³-hybridized carbons (Fsp3) is 0.0769. The summed E-state index contributed by atoms with van der Waals surface area (Å²) in [5, 5.41) is 0.236. The highest BCUT2D eigenvalue weighted by Crippen LogP contribution is 2.37. The summed E-state index contributed by atoms with van der Waals surface area (Å²) in [6.07, 6.45) is -4.22. The normalized spacial score (nSPS) is 11.4. The predicted octanol–water partition coefficient (Wildman–Crippen LogP) is 4.89. The molecular formula is C13H6Cl2F3NO. The van der Waals surface area contributed by atoms with Gasteiger partial charge in [0.25, 0.3) is 0 Å². The van der Waals surface area contributed by atoms with Gasteiger partial charge in [0.2, 0.25) is 0 Å². The Labute approximate surface area is 122 Å². The lowest BCUT2D eigenvalue weighted by atomic mass is 10.1. The molecule has 0 fully saturated rings. The molecule has 0 bridgehead atoms. The van der Waals surface area contributed by atoms with Crippen LogP contribution in [-0.2, 0) is 6.18 Å². The van der Waals surface area contributed by atoms with Crippen LogP contribution in [0.4, 0.5) is 13.2 Å². The average Bonchev–Trinajstić information content (AvgIpc) is 2.37. The number of aromatic nitrogens is 1. The van der Waals surface area contributed by atoms with Gasteiger partial charge in [-0.3, -0.25) is 4.79 Å². The maximum Gasteiger partial charge on any atom is 0.433 e. The van der Waals surface area contributed by atoms with Gasteiger partial charge in [0.1, 0.15) is 5.69 Å². The zero-order valence-electron chi connectivity index (χ0n) is 9.71. The van der Waals surface area contributed by atoms with E-state index in [0.29, 0.717) is 6.29 Å². The van der Waals surface area contributed by atoms with Gasteiger partial charge in [-0.15, -0.1) is 0 Å². The first-order chi connectivity index (χ1) is 9.34. The van der Waals surface area contributed by atoms with Crippen molar-refractivity contribution in [3.8, 4) is 11.3 Å². The van der Waals surface area contributed by atoms with Crippen LogP contribution in [0, 0.1) is 0 Å². The molecule has 0 spiro atoms. The van der Waals surface area contributed by atoms with Crippen LogP contribution in [0.2, 0.25) is 10.0 Å². The van der Waals surface area contributed by atoms with Gasteiger partial charge >= 0.3 is 6.18 Å². The molecule has 0 radical (unpaired) electrons. The van der Waals surface area contributed by atoms with E-state index in [1.807, 2.05) is 0 Å². The average molecular weight is 320 g/mol. The van der Waals surface area contributed by atoms with Crippen molar-refractivity contribution < 1.29 is 18.0 Å². The molecule has 1 aromatic carbocycles. The number of hydrogen-bond donors (Lipinski definition) is 0. The molecule has 0 saturated heterocycles. The van der Waals surface area contributed by atoms with Crippen molar-refractivity contribution in [2.75, 3.05) is 0 Å². The van der Waals surface area contributed by atoms with Crippen molar-refractivity contribution in [3.05, 3.63) is 51.6 Å². The third-order valence-electron chi connectivity index (χ3n) is 2.54. The Bertz CT molecular complexity index is 651. The summed E-state index contributed by atoms with van der Waals surface area (Å²) in [5.74, 6) is 0. The molecule has 1 heterocycles. The summed E-state index contributed by atoms with van der Waals surface area (Å²) in [7, 11) is 0. The highest BCUT2D eigenvalue weighted by Gasteiger charge is 2.33. The van der Waals surface area contributed by atoms with Crippen molar-refractivity contribution in [3.63, 3.8) is 0 Å². The number of nitrogens with zero attached hydrogens (tertiary/aromatic N) is 1. The van der Waals surface area contributed by atoms with Crippen LogP contribution in [0.25, 0.3) is 11.3 Å². The van der Waals surface area contributed by atoms with E-state index in [1.165, 1.54) is 12.1 Å². The number of hydrogen-bond acceptors (Lipinski definition) is 2.